The summed E-state index contributed by atoms with van der Waals surface area (Å²) in [5, 5.41) is 25.1. The zero-order chi connectivity index (χ0) is 23.9. The maximum absolute atomic E-state index is 13.0. The number of aliphatic hydroxyl groups excluding tert-OH is 1. The van der Waals surface area contributed by atoms with Crippen LogP contribution in [0.4, 0.5) is 0 Å². The average molecular weight is 449 g/mol. The SMILES string of the molecule is CC(c1cccc(C(=O)NC2c3ccccc3C[C@H]2O)c1)N1C(=N)N[C@](C)(C(C)C)CC1=O. The van der Waals surface area contributed by atoms with Gasteiger partial charge in [-0.1, -0.05) is 50.2 Å². The van der Waals surface area contributed by atoms with Crippen LogP contribution in [0.1, 0.15) is 73.2 Å². The lowest BCUT2D eigenvalue weighted by Gasteiger charge is -2.45. The minimum atomic E-state index is -0.666. The highest BCUT2D eigenvalue weighted by molar-refractivity contribution is 6.00. The van der Waals surface area contributed by atoms with Crippen LogP contribution in [0, 0.1) is 11.3 Å². The number of rotatable bonds is 5. The monoisotopic (exact) mass is 448 g/mol. The lowest BCUT2D eigenvalue weighted by Crippen LogP contribution is -2.63. The number of carbonyl (C=O) groups excluding carboxylic acids is 2. The molecule has 0 saturated carbocycles. The van der Waals surface area contributed by atoms with E-state index in [1.54, 1.807) is 18.2 Å². The van der Waals surface area contributed by atoms with Crippen molar-refractivity contribution < 1.29 is 14.7 Å². The second kappa shape index (κ2) is 8.63. The van der Waals surface area contributed by atoms with Crippen LogP contribution < -0.4 is 10.6 Å². The van der Waals surface area contributed by atoms with Gasteiger partial charge in [-0.25, -0.2) is 0 Å². The molecule has 0 radical (unpaired) electrons. The Balaban J connectivity index is 1.52. The Hall–Kier alpha value is -3.19. The average Bonchev–Trinajstić information content (AvgIpc) is 3.08. The van der Waals surface area contributed by atoms with Crippen LogP contribution in [0.15, 0.2) is 48.5 Å². The van der Waals surface area contributed by atoms with Crippen molar-refractivity contribution in [3.8, 4) is 0 Å². The number of carbonyl (C=O) groups is 2. The molecule has 4 rings (SSSR count). The Morgan fingerprint density at radius 3 is 2.64 bits per heavy atom. The first kappa shape index (κ1) is 23.0. The summed E-state index contributed by atoms with van der Waals surface area (Å²) in [4.78, 5) is 27.5. The first-order valence-electron chi connectivity index (χ1n) is 11.5. The predicted molar refractivity (Wildman–Crippen MR) is 127 cm³/mol. The van der Waals surface area contributed by atoms with Crippen LogP contribution in [0.3, 0.4) is 0 Å². The first-order valence-corrected chi connectivity index (χ1v) is 11.5. The summed E-state index contributed by atoms with van der Waals surface area (Å²) in [5.74, 6) is -0.115. The van der Waals surface area contributed by atoms with Gasteiger partial charge in [0.1, 0.15) is 0 Å². The van der Waals surface area contributed by atoms with Crippen molar-refractivity contribution in [1.29, 1.82) is 5.41 Å². The fraction of sp³-hybridized carbons (Fsp3) is 0.423. The third-order valence-corrected chi connectivity index (χ3v) is 7.22. The molecule has 2 amide bonds. The van der Waals surface area contributed by atoms with E-state index in [-0.39, 0.29) is 23.7 Å². The largest absolute Gasteiger partial charge is 0.390 e. The Bertz CT molecular complexity index is 1080. The van der Waals surface area contributed by atoms with Crippen molar-refractivity contribution in [3.05, 3.63) is 70.8 Å². The quantitative estimate of drug-likeness (QED) is 0.563. The molecule has 2 unspecified atom stereocenters. The van der Waals surface area contributed by atoms with E-state index < -0.39 is 23.7 Å². The third-order valence-electron chi connectivity index (χ3n) is 7.22. The van der Waals surface area contributed by atoms with E-state index in [2.05, 4.69) is 10.6 Å². The van der Waals surface area contributed by atoms with Gasteiger partial charge < -0.3 is 15.7 Å². The number of fused-ring (bicyclic) bond motifs is 1. The van der Waals surface area contributed by atoms with Gasteiger partial charge in [0, 0.05) is 17.5 Å². The molecule has 7 heteroatoms. The van der Waals surface area contributed by atoms with E-state index in [4.69, 9.17) is 5.41 Å². The lowest BCUT2D eigenvalue weighted by atomic mass is 9.83. The van der Waals surface area contributed by atoms with E-state index >= 15 is 0 Å². The fourth-order valence-corrected chi connectivity index (χ4v) is 4.72. The van der Waals surface area contributed by atoms with Crippen LogP contribution in [0.5, 0.6) is 0 Å². The van der Waals surface area contributed by atoms with E-state index in [0.29, 0.717) is 18.4 Å². The molecule has 0 aromatic heterocycles. The van der Waals surface area contributed by atoms with Gasteiger partial charge in [-0.05, 0) is 48.6 Å². The normalized spacial score (nSPS) is 25.6. The van der Waals surface area contributed by atoms with Crippen molar-refractivity contribution in [2.45, 2.75) is 64.3 Å². The van der Waals surface area contributed by atoms with E-state index in [1.165, 1.54) is 4.90 Å². The van der Waals surface area contributed by atoms with Crippen LogP contribution in [0.25, 0.3) is 0 Å². The number of hydrogen-bond donors (Lipinski definition) is 4. The molecule has 1 aliphatic carbocycles. The van der Waals surface area contributed by atoms with E-state index in [0.717, 1.165) is 16.7 Å². The number of benzene rings is 2. The standard InChI is InChI=1S/C26H32N4O3/c1-15(2)26(4)14-22(32)30(25(27)29-26)16(3)17-9-7-10-19(12-17)24(33)28-23-20-11-6-5-8-18(20)13-21(23)31/h5-12,15-16,21,23,31H,13-14H2,1-4H3,(H2,27,29)(H,28,33)/t16?,21-,23?,26+/m1/s1. The summed E-state index contributed by atoms with van der Waals surface area (Å²) in [6, 6.07) is 14.0. The molecule has 0 bridgehead atoms. The predicted octanol–water partition coefficient (Wildman–Crippen LogP) is 3.31. The highest BCUT2D eigenvalue weighted by Gasteiger charge is 2.42. The maximum Gasteiger partial charge on any atom is 0.251 e. The topological polar surface area (TPSA) is 106 Å². The number of amides is 2. The molecule has 174 valence electrons. The number of hydrogen-bond acceptors (Lipinski definition) is 4. The van der Waals surface area contributed by atoms with Crippen LogP contribution in [-0.2, 0) is 11.2 Å². The number of nitrogens with one attached hydrogen (secondary N) is 3. The Kier molecular flexibility index (Phi) is 6.01. The van der Waals surface area contributed by atoms with E-state index in [9.17, 15) is 14.7 Å². The molecule has 4 atom stereocenters. The molecule has 0 spiro atoms. The molecule has 7 nitrogen and oxygen atoms in total. The highest BCUT2D eigenvalue weighted by atomic mass is 16.3. The summed E-state index contributed by atoms with van der Waals surface area (Å²) >= 11 is 0. The van der Waals surface area contributed by atoms with Gasteiger partial charge in [-0.2, -0.15) is 0 Å². The Labute approximate surface area is 194 Å². The van der Waals surface area contributed by atoms with Gasteiger partial charge >= 0.3 is 0 Å². The Morgan fingerprint density at radius 1 is 1.21 bits per heavy atom. The molecule has 2 aromatic rings. The first-order chi connectivity index (χ1) is 15.6. The molecule has 1 heterocycles. The number of nitrogens with zero attached hydrogens (tertiary/aromatic N) is 1. The van der Waals surface area contributed by atoms with E-state index in [1.807, 2.05) is 58.0 Å². The van der Waals surface area contributed by atoms with Crippen molar-refractivity contribution in [3.63, 3.8) is 0 Å². The number of guanidine groups is 1. The summed E-state index contributed by atoms with van der Waals surface area (Å²) in [7, 11) is 0. The zero-order valence-corrected chi connectivity index (χ0v) is 19.6. The molecule has 33 heavy (non-hydrogen) atoms. The van der Waals surface area contributed by atoms with Crippen molar-refractivity contribution in [2.24, 2.45) is 5.92 Å². The lowest BCUT2D eigenvalue weighted by molar-refractivity contribution is -0.132. The van der Waals surface area contributed by atoms with Crippen molar-refractivity contribution in [1.82, 2.24) is 15.5 Å². The van der Waals surface area contributed by atoms with Crippen LogP contribution in [0.2, 0.25) is 0 Å². The minimum Gasteiger partial charge on any atom is -0.390 e. The summed E-state index contributed by atoms with van der Waals surface area (Å²) in [6.07, 6.45) is 0.150. The van der Waals surface area contributed by atoms with Gasteiger partial charge in [0.25, 0.3) is 5.91 Å². The summed E-state index contributed by atoms with van der Waals surface area (Å²) in [5.41, 5.74) is 2.75. The van der Waals surface area contributed by atoms with Gasteiger partial charge in [0.2, 0.25) is 5.91 Å². The second-order valence-electron chi connectivity index (χ2n) is 9.71. The second-order valence-corrected chi connectivity index (χ2v) is 9.71. The van der Waals surface area contributed by atoms with Gasteiger partial charge in [0.05, 0.1) is 24.6 Å². The highest BCUT2D eigenvalue weighted by Crippen LogP contribution is 2.33. The molecule has 2 aromatic carbocycles. The molecular weight excluding hydrogens is 416 g/mol. The van der Waals surface area contributed by atoms with Gasteiger partial charge in [-0.15, -0.1) is 0 Å². The van der Waals surface area contributed by atoms with Crippen LogP contribution >= 0.6 is 0 Å². The molecule has 1 saturated heterocycles. The maximum atomic E-state index is 13.0. The summed E-state index contributed by atoms with van der Waals surface area (Å²) in [6.45, 7) is 7.90. The minimum absolute atomic E-state index is 0.0792. The van der Waals surface area contributed by atoms with Gasteiger partial charge in [-0.3, -0.25) is 19.9 Å². The molecule has 1 aliphatic heterocycles. The summed E-state index contributed by atoms with van der Waals surface area (Å²) < 4.78 is 0. The van der Waals surface area contributed by atoms with Crippen molar-refractivity contribution in [2.75, 3.05) is 0 Å². The third kappa shape index (κ3) is 4.25. The molecule has 4 N–H and O–H groups in total. The van der Waals surface area contributed by atoms with Crippen LogP contribution in [-0.4, -0.2) is 39.4 Å². The number of aliphatic hydroxyl groups is 1. The zero-order valence-electron chi connectivity index (χ0n) is 19.6. The molecular formula is C26H32N4O3. The van der Waals surface area contributed by atoms with Crippen molar-refractivity contribution >= 4 is 17.8 Å². The smallest absolute Gasteiger partial charge is 0.251 e. The Morgan fingerprint density at radius 2 is 1.94 bits per heavy atom. The molecule has 1 fully saturated rings. The molecule has 2 aliphatic rings. The fourth-order valence-electron chi connectivity index (χ4n) is 4.72. The van der Waals surface area contributed by atoms with Gasteiger partial charge in [0.15, 0.2) is 5.96 Å².